The van der Waals surface area contributed by atoms with E-state index in [9.17, 15) is 40.5 Å². The molecular formula is C60H109NO10. The van der Waals surface area contributed by atoms with Crippen molar-refractivity contribution >= 4 is 5.91 Å². The van der Waals surface area contributed by atoms with Crippen LogP contribution in [0, 0.1) is 0 Å². The minimum atomic E-state index is -1.67. The maximum Gasteiger partial charge on any atom is 0.249 e. The molecule has 9 atom stereocenters. The van der Waals surface area contributed by atoms with E-state index in [0.29, 0.717) is 19.3 Å². The van der Waals surface area contributed by atoms with Crippen molar-refractivity contribution in [2.45, 2.75) is 300 Å². The van der Waals surface area contributed by atoms with Crippen LogP contribution in [0.2, 0.25) is 0 Å². The van der Waals surface area contributed by atoms with Crippen LogP contribution in [0.3, 0.4) is 0 Å². The number of carbonyl (C=O) groups is 1. The molecule has 1 aliphatic rings. The van der Waals surface area contributed by atoms with Crippen molar-refractivity contribution in [3.63, 3.8) is 0 Å². The van der Waals surface area contributed by atoms with Crippen LogP contribution >= 0.6 is 0 Å². The van der Waals surface area contributed by atoms with Crippen LogP contribution in [-0.4, -0.2) is 110 Å². The molecule has 71 heavy (non-hydrogen) atoms. The number of aliphatic hydroxyl groups is 7. The second-order valence-electron chi connectivity index (χ2n) is 20.3. The predicted molar refractivity (Wildman–Crippen MR) is 293 cm³/mol. The summed E-state index contributed by atoms with van der Waals surface area (Å²) in [5, 5.41) is 76.0. The van der Waals surface area contributed by atoms with Gasteiger partial charge in [-0.15, -0.1) is 0 Å². The Labute approximate surface area is 433 Å². The summed E-state index contributed by atoms with van der Waals surface area (Å²) in [4.78, 5) is 13.2. The minimum Gasteiger partial charge on any atom is -0.394 e. The molecule has 0 aromatic heterocycles. The van der Waals surface area contributed by atoms with Gasteiger partial charge in [-0.1, -0.05) is 216 Å². The standard InChI is InChI=1S/C60H109NO10/c1-3-5-7-9-11-13-15-17-19-20-21-22-23-24-25-26-27-28-29-30-31-32-33-34-36-38-40-42-44-46-48-53(64)59(69)61-51(50-70-60-58(68)57(67)56(66)54(49-62)71-60)55(65)52(63)47-45-43-41-39-37-35-18-16-14-12-10-8-6-4-2/h8,10,16,18,21-22,24-25,39,41,51-58,60,62-68H,3-7,9,11-15,17,19-20,23,26-38,40,42-50H2,1-2H3,(H,61,69)/b10-8+,18-16+,22-21-,25-24-,41-39+. The molecule has 0 spiro atoms. The van der Waals surface area contributed by atoms with Gasteiger partial charge in [0.25, 0.3) is 0 Å². The molecule has 0 radical (unpaired) electrons. The second-order valence-corrected chi connectivity index (χ2v) is 20.3. The fraction of sp³-hybridized carbons (Fsp3) is 0.817. The van der Waals surface area contributed by atoms with E-state index in [2.05, 4.69) is 79.9 Å². The van der Waals surface area contributed by atoms with Crippen molar-refractivity contribution < 1.29 is 50.0 Å². The molecular weight excluding hydrogens is 895 g/mol. The summed E-state index contributed by atoms with van der Waals surface area (Å²) in [7, 11) is 0. The highest BCUT2D eigenvalue weighted by atomic mass is 16.7. The van der Waals surface area contributed by atoms with Gasteiger partial charge in [-0.05, 0) is 89.9 Å². The van der Waals surface area contributed by atoms with Crippen molar-refractivity contribution in [1.82, 2.24) is 5.32 Å². The molecule has 1 heterocycles. The number of hydrogen-bond acceptors (Lipinski definition) is 10. The molecule has 0 aromatic carbocycles. The number of unbranched alkanes of at least 4 members (excludes halogenated alkanes) is 27. The van der Waals surface area contributed by atoms with E-state index >= 15 is 0 Å². The Hall–Kier alpha value is -2.19. The van der Waals surface area contributed by atoms with Crippen LogP contribution in [-0.2, 0) is 14.3 Å². The van der Waals surface area contributed by atoms with Gasteiger partial charge < -0.3 is 50.5 Å². The average molecular weight is 1000 g/mol. The summed E-state index contributed by atoms with van der Waals surface area (Å²) in [5.41, 5.74) is 0. The molecule has 1 fully saturated rings. The lowest BCUT2D eigenvalue weighted by Gasteiger charge is -2.40. The Morgan fingerprint density at radius 1 is 0.493 bits per heavy atom. The molecule has 1 saturated heterocycles. The van der Waals surface area contributed by atoms with E-state index in [1.165, 1.54) is 141 Å². The summed E-state index contributed by atoms with van der Waals surface area (Å²) < 4.78 is 11.1. The van der Waals surface area contributed by atoms with Crippen LogP contribution in [0.5, 0.6) is 0 Å². The fourth-order valence-electron chi connectivity index (χ4n) is 8.98. The zero-order chi connectivity index (χ0) is 51.8. The summed E-state index contributed by atoms with van der Waals surface area (Å²) in [6.07, 6.45) is 51.5. The third-order valence-electron chi connectivity index (χ3n) is 13.7. The van der Waals surface area contributed by atoms with Crippen molar-refractivity contribution in [3.8, 4) is 0 Å². The van der Waals surface area contributed by atoms with E-state index in [4.69, 9.17) is 9.47 Å². The van der Waals surface area contributed by atoms with Gasteiger partial charge in [0.2, 0.25) is 5.91 Å². The zero-order valence-corrected chi connectivity index (χ0v) is 45.2. The van der Waals surface area contributed by atoms with Crippen molar-refractivity contribution in [2.75, 3.05) is 13.2 Å². The maximum atomic E-state index is 13.2. The largest absolute Gasteiger partial charge is 0.394 e. The number of aliphatic hydroxyl groups excluding tert-OH is 7. The fourth-order valence-corrected chi connectivity index (χ4v) is 8.98. The summed E-state index contributed by atoms with van der Waals surface area (Å²) >= 11 is 0. The van der Waals surface area contributed by atoms with E-state index in [-0.39, 0.29) is 12.8 Å². The van der Waals surface area contributed by atoms with Crippen molar-refractivity contribution in [1.29, 1.82) is 0 Å². The number of rotatable bonds is 49. The third kappa shape index (κ3) is 37.2. The molecule has 0 bridgehead atoms. The molecule has 11 nitrogen and oxygen atoms in total. The maximum absolute atomic E-state index is 13.2. The summed E-state index contributed by atoms with van der Waals surface area (Å²) in [6, 6.07) is -1.20. The Morgan fingerprint density at radius 3 is 1.39 bits per heavy atom. The number of allylic oxidation sites excluding steroid dienone is 10. The molecule has 8 N–H and O–H groups in total. The van der Waals surface area contributed by atoms with Crippen LogP contribution < -0.4 is 5.32 Å². The van der Waals surface area contributed by atoms with Crippen molar-refractivity contribution in [3.05, 3.63) is 60.8 Å². The average Bonchev–Trinajstić information content (AvgIpc) is 3.37. The molecule has 0 aromatic rings. The Balaban J connectivity index is 2.26. The molecule has 0 aliphatic carbocycles. The summed E-state index contributed by atoms with van der Waals surface area (Å²) in [6.45, 7) is 3.37. The van der Waals surface area contributed by atoms with Crippen LogP contribution in [0.15, 0.2) is 60.8 Å². The molecule has 9 unspecified atom stereocenters. The van der Waals surface area contributed by atoms with E-state index in [1.807, 2.05) is 0 Å². The summed E-state index contributed by atoms with van der Waals surface area (Å²) in [5.74, 6) is -0.714. The third-order valence-corrected chi connectivity index (χ3v) is 13.7. The van der Waals surface area contributed by atoms with Crippen molar-refractivity contribution in [2.24, 2.45) is 0 Å². The topological polar surface area (TPSA) is 189 Å². The first kappa shape index (κ1) is 66.8. The first-order valence-electron chi connectivity index (χ1n) is 29.2. The number of hydrogen-bond donors (Lipinski definition) is 8. The molecule has 414 valence electrons. The zero-order valence-electron chi connectivity index (χ0n) is 45.2. The Morgan fingerprint density at radius 2 is 0.915 bits per heavy atom. The van der Waals surface area contributed by atoms with Gasteiger partial charge in [0.1, 0.15) is 36.6 Å². The lowest BCUT2D eigenvalue weighted by molar-refractivity contribution is -0.303. The SMILES string of the molecule is CCC/C=C/CC/C=C/CC/C=C/CCCC(O)C(O)C(COC1OC(CO)C(O)C(O)C1O)NC(=O)C(O)CCCCCCCCCCCCCCCC/C=C\C/C=C\CCCCCCCCCCC. The number of carbonyl (C=O) groups excluding carboxylic acids is 1. The molecule has 0 saturated carbocycles. The van der Waals surface area contributed by atoms with E-state index in [1.54, 1.807) is 0 Å². The second kappa shape index (κ2) is 48.7. The minimum absolute atomic E-state index is 0.239. The Bertz CT molecular complexity index is 1340. The molecule has 1 amide bonds. The predicted octanol–water partition coefficient (Wildman–Crippen LogP) is 12.2. The molecule has 1 aliphatic heterocycles. The van der Waals surface area contributed by atoms with E-state index in [0.717, 1.165) is 57.8 Å². The Kier molecular flexibility index (Phi) is 45.9. The first-order chi connectivity index (χ1) is 34.7. The highest BCUT2D eigenvalue weighted by molar-refractivity contribution is 5.80. The number of ether oxygens (including phenoxy) is 2. The monoisotopic (exact) mass is 1000 g/mol. The lowest BCUT2D eigenvalue weighted by Crippen LogP contribution is -2.60. The molecule has 11 heteroatoms. The van der Waals surface area contributed by atoms with Gasteiger partial charge >= 0.3 is 0 Å². The van der Waals surface area contributed by atoms with Gasteiger partial charge in [0.05, 0.1) is 25.4 Å². The van der Waals surface area contributed by atoms with E-state index < -0.39 is 74.2 Å². The quantitative estimate of drug-likeness (QED) is 0.0215. The first-order valence-corrected chi connectivity index (χ1v) is 29.2. The van der Waals surface area contributed by atoms with Gasteiger partial charge in [-0.25, -0.2) is 0 Å². The lowest BCUT2D eigenvalue weighted by atomic mass is 9.98. The van der Waals surface area contributed by atoms with Gasteiger partial charge in [0.15, 0.2) is 6.29 Å². The highest BCUT2D eigenvalue weighted by Gasteiger charge is 2.44. The number of nitrogens with one attached hydrogen (secondary N) is 1. The van der Waals surface area contributed by atoms with Gasteiger partial charge in [-0.2, -0.15) is 0 Å². The molecule has 1 rings (SSSR count). The van der Waals surface area contributed by atoms with Gasteiger partial charge in [0, 0.05) is 0 Å². The normalized spacial score (nSPS) is 20.6. The van der Waals surface area contributed by atoms with Crippen LogP contribution in [0.4, 0.5) is 0 Å². The van der Waals surface area contributed by atoms with Crippen LogP contribution in [0.1, 0.15) is 245 Å². The highest BCUT2D eigenvalue weighted by Crippen LogP contribution is 2.23. The number of amides is 1. The smallest absolute Gasteiger partial charge is 0.249 e. The van der Waals surface area contributed by atoms with Crippen LogP contribution in [0.25, 0.3) is 0 Å². The van der Waals surface area contributed by atoms with Gasteiger partial charge in [-0.3, -0.25) is 4.79 Å².